The van der Waals surface area contributed by atoms with Crippen LogP contribution >= 0.6 is 23.2 Å². The Bertz CT molecular complexity index is 442. The molecule has 0 heterocycles. The van der Waals surface area contributed by atoms with Crippen LogP contribution < -0.4 is 0 Å². The van der Waals surface area contributed by atoms with Gasteiger partial charge in [0.25, 0.3) is 5.91 Å². The summed E-state index contributed by atoms with van der Waals surface area (Å²) in [6.45, 7) is 0.370. The predicted octanol–water partition coefficient (Wildman–Crippen LogP) is 2.93. The van der Waals surface area contributed by atoms with Gasteiger partial charge in [-0.2, -0.15) is 0 Å². The van der Waals surface area contributed by atoms with Crippen molar-refractivity contribution in [3.05, 3.63) is 33.8 Å². The van der Waals surface area contributed by atoms with Crippen molar-refractivity contribution in [1.82, 2.24) is 4.90 Å². The standard InChI is InChI=1S/C12H13Cl2NO3/c1-15(4-2-3-11(16)17)12(18)8-5-9(13)7-10(14)6-8/h5-7H,2-4H2,1H3,(H,16,17). The van der Waals surface area contributed by atoms with Gasteiger partial charge in [-0.05, 0) is 24.6 Å². The number of carboxylic acid groups (broad SMARTS) is 1. The average molecular weight is 290 g/mol. The van der Waals surface area contributed by atoms with Crippen molar-refractivity contribution in [2.45, 2.75) is 12.8 Å². The van der Waals surface area contributed by atoms with Crippen molar-refractivity contribution >= 4 is 35.1 Å². The van der Waals surface area contributed by atoms with E-state index in [1.807, 2.05) is 0 Å². The van der Waals surface area contributed by atoms with Gasteiger partial charge in [-0.15, -0.1) is 0 Å². The predicted molar refractivity (Wildman–Crippen MR) is 70.3 cm³/mol. The highest BCUT2D eigenvalue weighted by atomic mass is 35.5. The summed E-state index contributed by atoms with van der Waals surface area (Å²) in [6.07, 6.45) is 0.444. The minimum Gasteiger partial charge on any atom is -0.481 e. The summed E-state index contributed by atoms with van der Waals surface area (Å²) in [6, 6.07) is 4.61. The molecule has 0 radical (unpaired) electrons. The molecule has 18 heavy (non-hydrogen) atoms. The first-order valence-electron chi connectivity index (χ1n) is 5.33. The van der Waals surface area contributed by atoms with Crippen molar-refractivity contribution in [1.29, 1.82) is 0 Å². The van der Waals surface area contributed by atoms with Crippen LogP contribution in [0.1, 0.15) is 23.2 Å². The zero-order chi connectivity index (χ0) is 13.7. The molecule has 1 rings (SSSR count). The van der Waals surface area contributed by atoms with Gasteiger partial charge in [0, 0.05) is 35.6 Å². The zero-order valence-corrected chi connectivity index (χ0v) is 11.3. The normalized spacial score (nSPS) is 10.2. The van der Waals surface area contributed by atoms with E-state index in [2.05, 4.69) is 0 Å². The van der Waals surface area contributed by atoms with Crippen molar-refractivity contribution in [2.24, 2.45) is 0 Å². The number of rotatable bonds is 5. The molecule has 0 fully saturated rings. The van der Waals surface area contributed by atoms with Gasteiger partial charge in [0.1, 0.15) is 0 Å². The van der Waals surface area contributed by atoms with Crippen LogP contribution in [0.2, 0.25) is 10.0 Å². The van der Waals surface area contributed by atoms with Gasteiger partial charge in [-0.1, -0.05) is 23.2 Å². The zero-order valence-electron chi connectivity index (χ0n) is 9.82. The molecule has 1 N–H and O–H groups in total. The summed E-state index contributed by atoms with van der Waals surface area (Å²) in [5, 5.41) is 9.30. The number of hydrogen-bond acceptors (Lipinski definition) is 2. The molecule has 0 saturated heterocycles. The summed E-state index contributed by atoms with van der Waals surface area (Å²) in [5.74, 6) is -1.11. The summed E-state index contributed by atoms with van der Waals surface area (Å²) in [7, 11) is 1.61. The summed E-state index contributed by atoms with van der Waals surface area (Å²) < 4.78 is 0. The van der Waals surface area contributed by atoms with Crippen molar-refractivity contribution in [2.75, 3.05) is 13.6 Å². The first kappa shape index (κ1) is 14.8. The third-order valence-corrected chi connectivity index (χ3v) is 2.78. The number of amides is 1. The van der Waals surface area contributed by atoms with E-state index in [0.29, 0.717) is 28.6 Å². The monoisotopic (exact) mass is 289 g/mol. The largest absolute Gasteiger partial charge is 0.481 e. The molecule has 1 aromatic carbocycles. The molecular formula is C12H13Cl2NO3. The molecule has 4 nitrogen and oxygen atoms in total. The molecule has 0 aliphatic carbocycles. The second kappa shape index (κ2) is 6.61. The molecule has 0 aliphatic rings. The first-order chi connectivity index (χ1) is 8.40. The lowest BCUT2D eigenvalue weighted by molar-refractivity contribution is -0.137. The topological polar surface area (TPSA) is 57.6 Å². The third kappa shape index (κ3) is 4.55. The SMILES string of the molecule is CN(CCCC(=O)O)C(=O)c1cc(Cl)cc(Cl)c1. The van der Waals surface area contributed by atoms with E-state index in [1.54, 1.807) is 13.1 Å². The molecule has 0 aromatic heterocycles. The Balaban J connectivity index is 2.65. The Morgan fingerprint density at radius 1 is 1.22 bits per heavy atom. The lowest BCUT2D eigenvalue weighted by Crippen LogP contribution is -2.28. The molecule has 6 heteroatoms. The molecular weight excluding hydrogens is 277 g/mol. The fourth-order valence-electron chi connectivity index (χ4n) is 1.47. The van der Waals surface area contributed by atoms with E-state index in [0.717, 1.165) is 0 Å². The van der Waals surface area contributed by atoms with Crippen molar-refractivity contribution in [3.63, 3.8) is 0 Å². The number of nitrogens with zero attached hydrogens (tertiary/aromatic N) is 1. The Hall–Kier alpha value is -1.26. The van der Waals surface area contributed by atoms with Gasteiger partial charge in [0.15, 0.2) is 0 Å². The molecule has 0 atom stereocenters. The molecule has 1 amide bonds. The van der Waals surface area contributed by atoms with Gasteiger partial charge in [0.05, 0.1) is 0 Å². The second-order valence-electron chi connectivity index (χ2n) is 3.88. The number of hydrogen-bond donors (Lipinski definition) is 1. The Labute approximate surface area is 115 Å². The van der Waals surface area contributed by atoms with E-state index in [1.165, 1.54) is 17.0 Å². The highest BCUT2D eigenvalue weighted by Crippen LogP contribution is 2.20. The summed E-state index contributed by atoms with van der Waals surface area (Å²) in [5.41, 5.74) is 0.394. The summed E-state index contributed by atoms with van der Waals surface area (Å²) in [4.78, 5) is 23.8. The lowest BCUT2D eigenvalue weighted by atomic mass is 10.2. The van der Waals surface area contributed by atoms with Crippen LogP contribution in [-0.2, 0) is 4.79 Å². The molecule has 0 bridgehead atoms. The van der Waals surface area contributed by atoms with E-state index >= 15 is 0 Å². The first-order valence-corrected chi connectivity index (χ1v) is 6.09. The van der Waals surface area contributed by atoms with Crippen LogP contribution in [0.3, 0.4) is 0 Å². The van der Waals surface area contributed by atoms with Crippen LogP contribution in [0.4, 0.5) is 0 Å². The fraction of sp³-hybridized carbons (Fsp3) is 0.333. The van der Waals surface area contributed by atoms with E-state index < -0.39 is 5.97 Å². The average Bonchev–Trinajstić information content (AvgIpc) is 2.26. The fourth-order valence-corrected chi connectivity index (χ4v) is 1.99. The summed E-state index contributed by atoms with van der Waals surface area (Å²) >= 11 is 11.6. The maximum Gasteiger partial charge on any atom is 0.303 e. The molecule has 1 aromatic rings. The van der Waals surface area contributed by atoms with E-state index in [-0.39, 0.29) is 12.3 Å². The third-order valence-electron chi connectivity index (χ3n) is 2.34. The number of aliphatic carboxylic acids is 1. The highest BCUT2D eigenvalue weighted by molar-refractivity contribution is 6.35. The minimum atomic E-state index is -0.873. The van der Waals surface area contributed by atoms with E-state index in [4.69, 9.17) is 28.3 Å². The van der Waals surface area contributed by atoms with Gasteiger partial charge in [-0.25, -0.2) is 0 Å². The smallest absolute Gasteiger partial charge is 0.303 e. The second-order valence-corrected chi connectivity index (χ2v) is 4.75. The minimum absolute atomic E-state index is 0.0356. The van der Waals surface area contributed by atoms with Gasteiger partial charge >= 0.3 is 5.97 Å². The van der Waals surface area contributed by atoms with Crippen molar-refractivity contribution < 1.29 is 14.7 Å². The van der Waals surface area contributed by atoms with Crippen LogP contribution in [-0.4, -0.2) is 35.5 Å². The van der Waals surface area contributed by atoms with Crippen molar-refractivity contribution in [3.8, 4) is 0 Å². The highest BCUT2D eigenvalue weighted by Gasteiger charge is 2.13. The van der Waals surface area contributed by atoms with Crippen LogP contribution in [0.15, 0.2) is 18.2 Å². The van der Waals surface area contributed by atoms with Crippen LogP contribution in [0.5, 0.6) is 0 Å². The molecule has 0 aliphatic heterocycles. The van der Waals surface area contributed by atoms with Gasteiger partial charge in [0.2, 0.25) is 0 Å². The van der Waals surface area contributed by atoms with Gasteiger partial charge in [-0.3, -0.25) is 9.59 Å². The number of carbonyl (C=O) groups is 2. The molecule has 0 unspecified atom stereocenters. The number of halogens is 2. The van der Waals surface area contributed by atoms with Crippen LogP contribution in [0, 0.1) is 0 Å². The van der Waals surface area contributed by atoms with E-state index in [9.17, 15) is 9.59 Å². The number of benzene rings is 1. The maximum atomic E-state index is 12.0. The molecule has 0 saturated carbocycles. The van der Waals surface area contributed by atoms with Gasteiger partial charge < -0.3 is 10.0 Å². The quantitative estimate of drug-likeness (QED) is 0.907. The molecule has 98 valence electrons. The maximum absolute atomic E-state index is 12.0. The molecule has 0 spiro atoms. The number of carbonyl (C=O) groups excluding carboxylic acids is 1. The van der Waals surface area contributed by atoms with Crippen LogP contribution in [0.25, 0.3) is 0 Å². The Morgan fingerprint density at radius 2 is 1.78 bits per heavy atom. The Morgan fingerprint density at radius 3 is 2.28 bits per heavy atom. The Kier molecular flexibility index (Phi) is 5.44. The lowest BCUT2D eigenvalue weighted by Gasteiger charge is -2.16. The number of carboxylic acids is 1.